The molecule has 1 aromatic carbocycles. The molecule has 2 heterocycles. The molecule has 8 heteroatoms. The average Bonchev–Trinajstić information content (AvgIpc) is 3.17. The molecule has 0 spiro atoms. The molecule has 0 aliphatic carbocycles. The number of aromatic nitrogens is 2. The van der Waals surface area contributed by atoms with Crippen LogP contribution in [0, 0.1) is 5.92 Å². The molecule has 0 unspecified atom stereocenters. The average molecular weight is 420 g/mol. The zero-order valence-corrected chi connectivity index (χ0v) is 17.3. The highest BCUT2D eigenvalue weighted by atomic mass is 35.5. The number of rotatable bonds is 8. The number of nitrogens with zero attached hydrogens (tertiary/aromatic N) is 2. The summed E-state index contributed by atoms with van der Waals surface area (Å²) >= 11 is 7.30. The van der Waals surface area contributed by atoms with Gasteiger partial charge in [0.15, 0.2) is 5.16 Å². The summed E-state index contributed by atoms with van der Waals surface area (Å²) in [7, 11) is 0. The molecular weight excluding hydrogens is 398 g/mol. The predicted octanol–water partition coefficient (Wildman–Crippen LogP) is 4.10. The van der Waals surface area contributed by atoms with E-state index < -0.39 is 0 Å². The first-order valence-corrected chi connectivity index (χ1v) is 10.4. The van der Waals surface area contributed by atoms with Gasteiger partial charge >= 0.3 is 0 Å². The highest BCUT2D eigenvalue weighted by Crippen LogP contribution is 2.21. The van der Waals surface area contributed by atoms with Crippen LogP contribution < -0.4 is 10.9 Å². The van der Waals surface area contributed by atoms with Crippen LogP contribution in [-0.4, -0.2) is 21.2 Å². The van der Waals surface area contributed by atoms with E-state index in [1.807, 2.05) is 0 Å². The molecule has 0 aliphatic heterocycles. The van der Waals surface area contributed by atoms with Crippen molar-refractivity contribution in [2.75, 3.05) is 5.75 Å². The van der Waals surface area contributed by atoms with E-state index >= 15 is 0 Å². The fraction of sp³-hybridized carbons (Fsp3) is 0.350. The first-order chi connectivity index (χ1) is 13.4. The normalized spacial score (nSPS) is 11.3. The maximum Gasteiger partial charge on any atom is 0.262 e. The van der Waals surface area contributed by atoms with Crippen molar-refractivity contribution in [1.82, 2.24) is 14.9 Å². The van der Waals surface area contributed by atoms with Crippen LogP contribution in [0.3, 0.4) is 0 Å². The van der Waals surface area contributed by atoms with Crippen molar-refractivity contribution in [3.63, 3.8) is 0 Å². The van der Waals surface area contributed by atoms with Crippen molar-refractivity contribution in [3.05, 3.63) is 57.7 Å². The lowest BCUT2D eigenvalue weighted by atomic mass is 10.1. The Hall–Kier alpha value is -2.25. The second-order valence-electron chi connectivity index (χ2n) is 6.84. The van der Waals surface area contributed by atoms with Crippen LogP contribution in [0.1, 0.15) is 26.0 Å². The van der Waals surface area contributed by atoms with Crippen LogP contribution in [-0.2, 0) is 17.9 Å². The Morgan fingerprint density at radius 1 is 1.36 bits per heavy atom. The minimum Gasteiger partial charge on any atom is -0.467 e. The number of carbonyl (C=O) groups is 1. The third-order valence-electron chi connectivity index (χ3n) is 4.18. The molecule has 0 atom stereocenters. The summed E-state index contributed by atoms with van der Waals surface area (Å²) in [5.41, 5.74) is 0.428. The van der Waals surface area contributed by atoms with Gasteiger partial charge in [-0.3, -0.25) is 14.2 Å². The van der Waals surface area contributed by atoms with Crippen LogP contribution in [0.2, 0.25) is 5.02 Å². The van der Waals surface area contributed by atoms with Crippen molar-refractivity contribution in [2.45, 2.75) is 38.5 Å². The Kier molecular flexibility index (Phi) is 6.80. The summed E-state index contributed by atoms with van der Waals surface area (Å²) in [6.45, 7) is 5.09. The third kappa shape index (κ3) is 5.17. The number of amides is 1. The summed E-state index contributed by atoms with van der Waals surface area (Å²) in [6, 6.07) is 8.63. The Bertz CT molecular complexity index is 1020. The van der Waals surface area contributed by atoms with Gasteiger partial charge in [-0.05, 0) is 42.7 Å². The van der Waals surface area contributed by atoms with Crippen LogP contribution in [0.4, 0.5) is 0 Å². The molecule has 0 bridgehead atoms. The molecule has 6 nitrogen and oxygen atoms in total. The highest BCUT2D eigenvalue weighted by Gasteiger charge is 2.14. The van der Waals surface area contributed by atoms with E-state index in [0.717, 1.165) is 6.42 Å². The lowest BCUT2D eigenvalue weighted by Crippen LogP contribution is -2.27. The molecule has 3 aromatic rings. The second kappa shape index (κ2) is 9.30. The molecule has 1 N–H and O–H groups in total. The molecule has 28 heavy (non-hydrogen) atoms. The lowest BCUT2D eigenvalue weighted by Gasteiger charge is -2.14. The van der Waals surface area contributed by atoms with E-state index in [1.165, 1.54) is 11.8 Å². The number of furan rings is 1. The summed E-state index contributed by atoms with van der Waals surface area (Å²) < 4.78 is 6.86. The van der Waals surface area contributed by atoms with Gasteiger partial charge in [0.05, 0.1) is 29.5 Å². The van der Waals surface area contributed by atoms with Crippen LogP contribution in [0.15, 0.2) is 51.0 Å². The van der Waals surface area contributed by atoms with Crippen molar-refractivity contribution in [1.29, 1.82) is 0 Å². The fourth-order valence-electron chi connectivity index (χ4n) is 2.65. The van der Waals surface area contributed by atoms with E-state index in [-0.39, 0.29) is 17.2 Å². The third-order valence-corrected chi connectivity index (χ3v) is 5.40. The zero-order chi connectivity index (χ0) is 20.1. The largest absolute Gasteiger partial charge is 0.467 e. The number of halogens is 1. The van der Waals surface area contributed by atoms with Crippen LogP contribution in [0.25, 0.3) is 10.9 Å². The van der Waals surface area contributed by atoms with E-state index in [4.69, 9.17) is 16.0 Å². The molecular formula is C20H22ClN3O3S. The van der Waals surface area contributed by atoms with Crippen molar-refractivity contribution in [2.24, 2.45) is 5.92 Å². The summed E-state index contributed by atoms with van der Waals surface area (Å²) in [6.07, 6.45) is 2.41. The number of carbonyl (C=O) groups excluding carboxylic acids is 1. The molecule has 0 saturated heterocycles. The fourth-order valence-corrected chi connectivity index (χ4v) is 3.67. The van der Waals surface area contributed by atoms with Crippen LogP contribution >= 0.6 is 23.4 Å². The minimum absolute atomic E-state index is 0.110. The maximum absolute atomic E-state index is 13.0. The molecule has 3 rings (SSSR count). The minimum atomic E-state index is -0.155. The first-order valence-electron chi connectivity index (χ1n) is 9.06. The van der Waals surface area contributed by atoms with Gasteiger partial charge in [-0.2, -0.15) is 0 Å². The molecule has 148 valence electrons. The number of fused-ring (bicyclic) bond motifs is 1. The molecule has 0 radical (unpaired) electrons. The monoisotopic (exact) mass is 419 g/mol. The lowest BCUT2D eigenvalue weighted by molar-refractivity contribution is -0.118. The van der Waals surface area contributed by atoms with Gasteiger partial charge in [-0.1, -0.05) is 37.2 Å². The first kappa shape index (κ1) is 20.5. The second-order valence-corrected chi connectivity index (χ2v) is 8.22. The van der Waals surface area contributed by atoms with Gasteiger partial charge in [0.2, 0.25) is 5.91 Å². The maximum atomic E-state index is 13.0. The number of thioether (sulfide) groups is 1. The Balaban J connectivity index is 1.79. The summed E-state index contributed by atoms with van der Waals surface area (Å²) in [5.74, 6) is 1.13. The van der Waals surface area contributed by atoms with Gasteiger partial charge in [0, 0.05) is 11.6 Å². The quantitative estimate of drug-likeness (QED) is 0.439. The Morgan fingerprint density at radius 3 is 2.89 bits per heavy atom. The van der Waals surface area contributed by atoms with E-state index in [2.05, 4.69) is 24.1 Å². The summed E-state index contributed by atoms with van der Waals surface area (Å²) in [5, 5.41) is 4.37. The van der Waals surface area contributed by atoms with E-state index in [0.29, 0.717) is 45.8 Å². The highest BCUT2D eigenvalue weighted by molar-refractivity contribution is 7.99. The number of benzene rings is 1. The van der Waals surface area contributed by atoms with Gasteiger partial charge in [0.1, 0.15) is 5.76 Å². The SMILES string of the molecule is CC(C)CCn1c(SCC(=O)NCc2ccco2)nc2cc(Cl)ccc2c1=O. The number of hydrogen-bond donors (Lipinski definition) is 1. The molecule has 1 amide bonds. The topological polar surface area (TPSA) is 77.1 Å². The van der Waals surface area contributed by atoms with Gasteiger partial charge < -0.3 is 9.73 Å². The number of hydrogen-bond acceptors (Lipinski definition) is 5. The Labute approximate surface area is 172 Å². The van der Waals surface area contributed by atoms with Crippen molar-refractivity contribution in [3.8, 4) is 0 Å². The summed E-state index contributed by atoms with van der Waals surface area (Å²) in [4.78, 5) is 29.7. The van der Waals surface area contributed by atoms with E-state index in [9.17, 15) is 9.59 Å². The molecule has 2 aromatic heterocycles. The molecule has 0 saturated carbocycles. The van der Waals surface area contributed by atoms with Gasteiger partial charge in [-0.25, -0.2) is 4.98 Å². The van der Waals surface area contributed by atoms with Crippen molar-refractivity contribution < 1.29 is 9.21 Å². The smallest absolute Gasteiger partial charge is 0.262 e. The van der Waals surface area contributed by atoms with Gasteiger partial charge in [-0.15, -0.1) is 0 Å². The Morgan fingerprint density at radius 2 is 2.18 bits per heavy atom. The van der Waals surface area contributed by atoms with Crippen molar-refractivity contribution >= 4 is 40.2 Å². The zero-order valence-electron chi connectivity index (χ0n) is 15.8. The number of nitrogens with one attached hydrogen (secondary N) is 1. The van der Waals surface area contributed by atoms with Gasteiger partial charge in [0.25, 0.3) is 5.56 Å². The molecule has 0 aliphatic rings. The molecule has 0 fully saturated rings. The standard InChI is InChI=1S/C20H22ClN3O3S/c1-13(2)7-8-24-19(26)16-6-5-14(21)10-17(16)23-20(24)28-12-18(25)22-11-15-4-3-9-27-15/h3-6,9-10,13H,7-8,11-12H2,1-2H3,(H,22,25). The van der Waals surface area contributed by atoms with E-state index in [1.54, 1.807) is 41.2 Å². The van der Waals surface area contributed by atoms with Crippen LogP contribution in [0.5, 0.6) is 0 Å². The predicted molar refractivity (Wildman–Crippen MR) is 112 cm³/mol.